The minimum atomic E-state index is -1.04. The quantitative estimate of drug-likeness (QED) is 0.657. The van der Waals surface area contributed by atoms with E-state index in [1.165, 1.54) is 13.2 Å². The predicted octanol–water partition coefficient (Wildman–Crippen LogP) is 2.10. The molecule has 0 aliphatic carbocycles. The molecule has 0 atom stereocenters. The van der Waals surface area contributed by atoms with Crippen molar-refractivity contribution in [1.82, 2.24) is 0 Å². The van der Waals surface area contributed by atoms with E-state index in [0.717, 1.165) is 6.08 Å². The average molecular weight is 334 g/mol. The van der Waals surface area contributed by atoms with Crippen molar-refractivity contribution in [3.05, 3.63) is 23.8 Å². The first kappa shape index (κ1) is 18.4. The van der Waals surface area contributed by atoms with Gasteiger partial charge in [0.05, 0.1) is 25.4 Å². The maximum Gasteiger partial charge on any atom is 0.498 e. The van der Waals surface area contributed by atoms with Crippen LogP contribution in [0.4, 0.5) is 0 Å². The number of hydrogen-bond donors (Lipinski definition) is 1. The lowest BCUT2D eigenvalue weighted by Gasteiger charge is -2.32. The highest BCUT2D eigenvalue weighted by Gasteiger charge is 2.52. The number of carboxylic acid groups (broad SMARTS) is 1. The third-order valence-electron chi connectivity index (χ3n) is 4.49. The van der Waals surface area contributed by atoms with Crippen LogP contribution in [0.15, 0.2) is 18.2 Å². The summed E-state index contributed by atoms with van der Waals surface area (Å²) in [5.41, 5.74) is 0.341. The molecule has 0 amide bonds. The molecule has 0 radical (unpaired) electrons. The summed E-state index contributed by atoms with van der Waals surface area (Å²) in [5.74, 6) is 0.0170. The van der Waals surface area contributed by atoms with Crippen LogP contribution in [0.1, 0.15) is 33.3 Å². The summed E-state index contributed by atoms with van der Waals surface area (Å²) < 4.78 is 22.9. The number of aliphatic carboxylic acids is 1. The Labute approximate surface area is 142 Å². The normalized spacial score (nSPS) is 18.8. The molecule has 1 saturated heterocycles. The van der Waals surface area contributed by atoms with Crippen molar-refractivity contribution >= 4 is 24.6 Å². The zero-order valence-corrected chi connectivity index (χ0v) is 14.9. The molecule has 1 N–H and O–H groups in total. The van der Waals surface area contributed by atoms with Crippen molar-refractivity contribution in [1.29, 1.82) is 0 Å². The van der Waals surface area contributed by atoms with Gasteiger partial charge in [0.2, 0.25) is 0 Å². The van der Waals surface area contributed by atoms with Gasteiger partial charge in [-0.1, -0.05) is 0 Å². The molecule has 0 bridgehead atoms. The molecule has 1 aliphatic rings. The number of rotatable bonds is 5. The maximum atomic E-state index is 10.7. The van der Waals surface area contributed by atoms with Crippen LogP contribution in [0, 0.1) is 0 Å². The Bertz CT molecular complexity index is 649. The van der Waals surface area contributed by atoms with Crippen LogP contribution in [0.25, 0.3) is 6.08 Å². The van der Waals surface area contributed by atoms with Crippen LogP contribution in [-0.2, 0) is 14.1 Å². The molecule has 1 aromatic rings. The minimum Gasteiger partial charge on any atom is -0.497 e. The van der Waals surface area contributed by atoms with Crippen LogP contribution in [0.3, 0.4) is 0 Å². The molecule has 0 saturated carbocycles. The molecule has 1 aromatic carbocycles. The summed E-state index contributed by atoms with van der Waals surface area (Å²) >= 11 is 0. The second-order valence-electron chi connectivity index (χ2n) is 6.60. The number of ether oxygens (including phenoxy) is 2. The first-order chi connectivity index (χ1) is 11.1. The summed E-state index contributed by atoms with van der Waals surface area (Å²) in [6.45, 7) is 7.89. The standard InChI is InChI=1S/C17H23BO6/c1-16(2)17(3,4)24-18(23-16)12-10-13(21-5)11(7-8-15(19)20)9-14(12)22-6/h7-10H,1-6H3,(H,19,20)/b8-7+. The van der Waals surface area contributed by atoms with Gasteiger partial charge in [-0.2, -0.15) is 0 Å². The van der Waals surface area contributed by atoms with Gasteiger partial charge in [0.1, 0.15) is 11.5 Å². The molecule has 0 spiro atoms. The molecule has 1 fully saturated rings. The Morgan fingerprint density at radius 3 is 2.08 bits per heavy atom. The molecule has 24 heavy (non-hydrogen) atoms. The van der Waals surface area contributed by atoms with Crippen LogP contribution >= 0.6 is 0 Å². The van der Waals surface area contributed by atoms with Crippen molar-refractivity contribution < 1.29 is 28.7 Å². The fourth-order valence-electron chi connectivity index (χ4n) is 2.39. The van der Waals surface area contributed by atoms with E-state index in [0.29, 0.717) is 22.5 Å². The van der Waals surface area contributed by atoms with Gasteiger partial charge in [-0.15, -0.1) is 0 Å². The Hall–Kier alpha value is -1.99. The van der Waals surface area contributed by atoms with Gasteiger partial charge >= 0.3 is 13.1 Å². The second-order valence-corrected chi connectivity index (χ2v) is 6.60. The molecule has 2 rings (SSSR count). The van der Waals surface area contributed by atoms with E-state index in [4.69, 9.17) is 23.9 Å². The Morgan fingerprint density at radius 2 is 1.62 bits per heavy atom. The number of methoxy groups -OCH3 is 2. The molecular weight excluding hydrogens is 311 g/mol. The number of carboxylic acids is 1. The average Bonchev–Trinajstić information content (AvgIpc) is 2.72. The van der Waals surface area contributed by atoms with Gasteiger partial charge in [-0.3, -0.25) is 0 Å². The Morgan fingerprint density at radius 1 is 1.08 bits per heavy atom. The second kappa shape index (κ2) is 6.49. The van der Waals surface area contributed by atoms with Crippen molar-refractivity contribution in [3.8, 4) is 11.5 Å². The molecule has 6 nitrogen and oxygen atoms in total. The highest BCUT2D eigenvalue weighted by molar-refractivity contribution is 6.63. The van der Waals surface area contributed by atoms with Gasteiger partial charge in [-0.05, 0) is 45.9 Å². The van der Waals surface area contributed by atoms with Crippen molar-refractivity contribution in [3.63, 3.8) is 0 Å². The lowest BCUT2D eigenvalue weighted by molar-refractivity contribution is -0.131. The van der Waals surface area contributed by atoms with Crippen molar-refractivity contribution in [2.75, 3.05) is 14.2 Å². The molecule has 1 aliphatic heterocycles. The third-order valence-corrected chi connectivity index (χ3v) is 4.49. The molecule has 7 heteroatoms. The van der Waals surface area contributed by atoms with E-state index in [1.54, 1.807) is 19.2 Å². The first-order valence-electron chi connectivity index (χ1n) is 7.64. The van der Waals surface area contributed by atoms with Gasteiger partial charge < -0.3 is 23.9 Å². The van der Waals surface area contributed by atoms with Gasteiger partial charge in [0.15, 0.2) is 0 Å². The molecule has 0 aromatic heterocycles. The van der Waals surface area contributed by atoms with E-state index >= 15 is 0 Å². The molecule has 1 heterocycles. The van der Waals surface area contributed by atoms with Gasteiger partial charge in [0, 0.05) is 17.1 Å². The highest BCUT2D eigenvalue weighted by atomic mass is 16.7. The zero-order chi connectivity index (χ0) is 18.1. The van der Waals surface area contributed by atoms with Crippen LogP contribution in [0.5, 0.6) is 11.5 Å². The summed E-state index contributed by atoms with van der Waals surface area (Å²) in [6.07, 6.45) is 2.50. The van der Waals surface area contributed by atoms with E-state index in [2.05, 4.69) is 0 Å². The number of carbonyl (C=O) groups is 1. The fraction of sp³-hybridized carbons (Fsp3) is 0.471. The first-order valence-corrected chi connectivity index (χ1v) is 7.64. The lowest BCUT2D eigenvalue weighted by atomic mass is 9.77. The Kier molecular flexibility index (Phi) is 4.96. The van der Waals surface area contributed by atoms with Crippen LogP contribution in [-0.4, -0.2) is 43.6 Å². The molecule has 130 valence electrons. The van der Waals surface area contributed by atoms with Gasteiger partial charge in [-0.25, -0.2) is 4.79 Å². The topological polar surface area (TPSA) is 74.2 Å². The summed E-state index contributed by atoms with van der Waals surface area (Å²) in [6, 6.07) is 3.46. The van der Waals surface area contributed by atoms with Crippen LogP contribution in [0.2, 0.25) is 0 Å². The smallest absolute Gasteiger partial charge is 0.497 e. The lowest BCUT2D eigenvalue weighted by Crippen LogP contribution is -2.41. The monoisotopic (exact) mass is 334 g/mol. The largest absolute Gasteiger partial charge is 0.498 e. The fourth-order valence-corrected chi connectivity index (χ4v) is 2.39. The SMILES string of the molecule is COc1cc(B2OC(C)(C)C(C)(C)O2)c(OC)cc1/C=C/C(=O)O. The minimum absolute atomic E-state index is 0.474. The summed E-state index contributed by atoms with van der Waals surface area (Å²) in [4.78, 5) is 10.7. The summed E-state index contributed by atoms with van der Waals surface area (Å²) in [7, 11) is 2.46. The van der Waals surface area contributed by atoms with E-state index in [1.807, 2.05) is 27.7 Å². The van der Waals surface area contributed by atoms with Crippen LogP contribution < -0.4 is 14.9 Å². The number of hydrogen-bond acceptors (Lipinski definition) is 5. The number of benzene rings is 1. The Balaban J connectivity index is 2.46. The predicted molar refractivity (Wildman–Crippen MR) is 91.9 cm³/mol. The molecular formula is C17H23BO6. The van der Waals surface area contributed by atoms with Crippen molar-refractivity contribution in [2.24, 2.45) is 0 Å². The molecule has 0 unspecified atom stereocenters. The zero-order valence-electron chi connectivity index (χ0n) is 14.9. The van der Waals surface area contributed by atoms with Gasteiger partial charge in [0.25, 0.3) is 0 Å². The van der Waals surface area contributed by atoms with E-state index in [-0.39, 0.29) is 0 Å². The van der Waals surface area contributed by atoms with E-state index < -0.39 is 24.3 Å². The summed E-state index contributed by atoms with van der Waals surface area (Å²) in [5, 5.41) is 8.81. The third kappa shape index (κ3) is 3.42. The van der Waals surface area contributed by atoms with Crippen molar-refractivity contribution in [2.45, 2.75) is 38.9 Å². The maximum absolute atomic E-state index is 10.7. The highest BCUT2D eigenvalue weighted by Crippen LogP contribution is 2.38. The van der Waals surface area contributed by atoms with E-state index in [9.17, 15) is 4.79 Å².